The minimum atomic E-state index is 0.199. The van der Waals surface area contributed by atoms with Crippen LogP contribution >= 0.6 is 0 Å². The lowest BCUT2D eigenvalue weighted by Crippen LogP contribution is -2.47. The monoisotopic (exact) mass is 296 g/mol. The van der Waals surface area contributed by atoms with Crippen molar-refractivity contribution in [3.8, 4) is 0 Å². The van der Waals surface area contributed by atoms with Crippen molar-refractivity contribution in [2.45, 2.75) is 44.6 Å². The van der Waals surface area contributed by atoms with E-state index in [1.807, 2.05) is 0 Å². The molecular weight excluding hydrogens is 264 g/mol. The van der Waals surface area contributed by atoms with Crippen molar-refractivity contribution >= 4 is 5.91 Å². The van der Waals surface area contributed by atoms with E-state index in [0.717, 1.165) is 52.1 Å². The van der Waals surface area contributed by atoms with Crippen LogP contribution in [0, 0.1) is 0 Å². The summed E-state index contributed by atoms with van der Waals surface area (Å²) in [4.78, 5) is 16.7. The first-order valence-electron chi connectivity index (χ1n) is 8.65. The minimum Gasteiger partial charge on any atom is -0.352 e. The van der Waals surface area contributed by atoms with Gasteiger partial charge in [-0.15, -0.1) is 0 Å². The Morgan fingerprint density at radius 1 is 1.19 bits per heavy atom. The summed E-state index contributed by atoms with van der Waals surface area (Å²) in [5.74, 6) is 0.199. The first-order chi connectivity index (χ1) is 10.2. The predicted molar refractivity (Wildman–Crippen MR) is 86.4 cm³/mol. The van der Waals surface area contributed by atoms with Crippen LogP contribution in [0.25, 0.3) is 0 Å². The summed E-state index contributed by atoms with van der Waals surface area (Å²) in [6, 6.07) is 0.418. The molecular formula is C16H32N4O. The molecule has 21 heavy (non-hydrogen) atoms. The summed E-state index contributed by atoms with van der Waals surface area (Å²) < 4.78 is 0. The molecule has 1 heterocycles. The molecule has 2 rings (SSSR count). The van der Waals surface area contributed by atoms with E-state index in [1.165, 1.54) is 25.7 Å². The van der Waals surface area contributed by atoms with E-state index in [2.05, 4.69) is 27.5 Å². The van der Waals surface area contributed by atoms with Crippen molar-refractivity contribution in [2.75, 3.05) is 52.9 Å². The number of carbonyl (C=O) groups is 1. The third-order valence-corrected chi connectivity index (χ3v) is 4.64. The van der Waals surface area contributed by atoms with E-state index < -0.39 is 0 Å². The van der Waals surface area contributed by atoms with E-state index >= 15 is 0 Å². The van der Waals surface area contributed by atoms with Crippen LogP contribution in [0.1, 0.15) is 38.5 Å². The number of hydrogen-bond acceptors (Lipinski definition) is 4. The summed E-state index contributed by atoms with van der Waals surface area (Å²) in [5, 5.41) is 6.59. The molecule has 2 aliphatic rings. The standard InChI is InChI=1S/C16H32N4O/c1-19(12-13-20-10-8-17-9-11-20)14-16(21)18-15-6-4-2-3-5-7-15/h15,17H,2-14H2,1H3,(H,18,21). The van der Waals surface area contributed by atoms with Gasteiger partial charge in [0.15, 0.2) is 0 Å². The van der Waals surface area contributed by atoms with Crippen LogP contribution in [0.4, 0.5) is 0 Å². The van der Waals surface area contributed by atoms with Gasteiger partial charge in [0.1, 0.15) is 0 Å². The molecule has 1 aliphatic carbocycles. The van der Waals surface area contributed by atoms with Crippen LogP contribution in [0.2, 0.25) is 0 Å². The Morgan fingerprint density at radius 2 is 1.86 bits per heavy atom. The van der Waals surface area contributed by atoms with E-state index in [9.17, 15) is 4.79 Å². The number of nitrogens with zero attached hydrogens (tertiary/aromatic N) is 2. The van der Waals surface area contributed by atoms with Crippen molar-refractivity contribution in [3.05, 3.63) is 0 Å². The van der Waals surface area contributed by atoms with Crippen molar-refractivity contribution in [2.24, 2.45) is 0 Å². The van der Waals surface area contributed by atoms with Gasteiger partial charge in [0, 0.05) is 45.3 Å². The van der Waals surface area contributed by atoms with Gasteiger partial charge in [0.2, 0.25) is 5.91 Å². The lowest BCUT2D eigenvalue weighted by Gasteiger charge is -2.29. The molecule has 5 heteroatoms. The highest BCUT2D eigenvalue weighted by atomic mass is 16.2. The molecule has 0 atom stereocenters. The van der Waals surface area contributed by atoms with E-state index in [0.29, 0.717) is 12.6 Å². The summed E-state index contributed by atoms with van der Waals surface area (Å²) in [6.07, 6.45) is 7.52. The fourth-order valence-corrected chi connectivity index (χ4v) is 3.27. The van der Waals surface area contributed by atoms with E-state index in [-0.39, 0.29) is 5.91 Å². The van der Waals surface area contributed by atoms with Crippen molar-refractivity contribution < 1.29 is 4.79 Å². The van der Waals surface area contributed by atoms with Crippen LogP contribution in [0.15, 0.2) is 0 Å². The number of likely N-dealkylation sites (N-methyl/N-ethyl adjacent to an activating group) is 1. The molecule has 0 aromatic rings. The lowest BCUT2D eigenvalue weighted by atomic mass is 10.1. The Morgan fingerprint density at radius 3 is 2.52 bits per heavy atom. The largest absolute Gasteiger partial charge is 0.352 e. The van der Waals surface area contributed by atoms with Gasteiger partial charge >= 0.3 is 0 Å². The van der Waals surface area contributed by atoms with Gasteiger partial charge in [-0.2, -0.15) is 0 Å². The molecule has 0 aromatic heterocycles. The lowest BCUT2D eigenvalue weighted by molar-refractivity contribution is -0.122. The normalized spacial score (nSPS) is 22.2. The minimum absolute atomic E-state index is 0.199. The third kappa shape index (κ3) is 6.76. The molecule has 0 radical (unpaired) electrons. The molecule has 0 bridgehead atoms. The highest BCUT2D eigenvalue weighted by Crippen LogP contribution is 2.17. The smallest absolute Gasteiger partial charge is 0.234 e. The molecule has 0 aromatic carbocycles. The zero-order valence-corrected chi connectivity index (χ0v) is 13.6. The first kappa shape index (κ1) is 16.7. The Kier molecular flexibility index (Phi) is 7.47. The third-order valence-electron chi connectivity index (χ3n) is 4.64. The number of carbonyl (C=O) groups excluding carboxylic acids is 1. The zero-order chi connectivity index (χ0) is 14.9. The molecule has 1 aliphatic heterocycles. The topological polar surface area (TPSA) is 47.6 Å². The SMILES string of the molecule is CN(CCN1CCNCC1)CC(=O)NC1CCCCCC1. The second-order valence-electron chi connectivity index (χ2n) is 6.59. The maximum atomic E-state index is 12.1. The van der Waals surface area contributed by atoms with Crippen LogP contribution in [-0.2, 0) is 4.79 Å². The summed E-state index contributed by atoms with van der Waals surface area (Å²) >= 11 is 0. The predicted octanol–water partition coefficient (Wildman–Crippen LogP) is 0.662. The highest BCUT2D eigenvalue weighted by molar-refractivity contribution is 5.78. The van der Waals surface area contributed by atoms with E-state index in [4.69, 9.17) is 0 Å². The fourth-order valence-electron chi connectivity index (χ4n) is 3.27. The first-order valence-corrected chi connectivity index (χ1v) is 8.65. The maximum Gasteiger partial charge on any atom is 0.234 e. The van der Waals surface area contributed by atoms with Crippen LogP contribution in [0.5, 0.6) is 0 Å². The van der Waals surface area contributed by atoms with E-state index in [1.54, 1.807) is 0 Å². The molecule has 1 saturated carbocycles. The van der Waals surface area contributed by atoms with Gasteiger partial charge in [-0.3, -0.25) is 14.6 Å². The number of amides is 1. The van der Waals surface area contributed by atoms with Gasteiger partial charge in [0.05, 0.1) is 6.54 Å². The van der Waals surface area contributed by atoms with Crippen molar-refractivity contribution in [1.29, 1.82) is 0 Å². The molecule has 0 spiro atoms. The Balaban J connectivity index is 1.59. The molecule has 1 amide bonds. The summed E-state index contributed by atoms with van der Waals surface area (Å²) in [7, 11) is 2.05. The number of piperazine rings is 1. The average molecular weight is 296 g/mol. The molecule has 1 saturated heterocycles. The maximum absolute atomic E-state index is 12.1. The zero-order valence-electron chi connectivity index (χ0n) is 13.6. The molecule has 5 nitrogen and oxygen atoms in total. The second-order valence-corrected chi connectivity index (χ2v) is 6.59. The van der Waals surface area contributed by atoms with Crippen molar-refractivity contribution in [1.82, 2.24) is 20.4 Å². The van der Waals surface area contributed by atoms with Gasteiger partial charge in [-0.05, 0) is 19.9 Å². The number of rotatable bonds is 6. The Hall–Kier alpha value is -0.650. The highest BCUT2D eigenvalue weighted by Gasteiger charge is 2.16. The summed E-state index contributed by atoms with van der Waals surface area (Å²) in [5.41, 5.74) is 0. The summed E-state index contributed by atoms with van der Waals surface area (Å²) in [6.45, 7) is 7.00. The van der Waals surface area contributed by atoms with Gasteiger partial charge < -0.3 is 10.6 Å². The van der Waals surface area contributed by atoms with Gasteiger partial charge in [0.25, 0.3) is 0 Å². The molecule has 2 fully saturated rings. The van der Waals surface area contributed by atoms with Gasteiger partial charge in [-0.25, -0.2) is 0 Å². The van der Waals surface area contributed by atoms with Crippen LogP contribution < -0.4 is 10.6 Å². The fraction of sp³-hybridized carbons (Fsp3) is 0.938. The second kappa shape index (κ2) is 9.38. The molecule has 0 unspecified atom stereocenters. The molecule has 122 valence electrons. The van der Waals surface area contributed by atoms with Crippen molar-refractivity contribution in [3.63, 3.8) is 0 Å². The quantitative estimate of drug-likeness (QED) is 0.707. The number of hydrogen-bond donors (Lipinski definition) is 2. The van der Waals surface area contributed by atoms with Gasteiger partial charge in [-0.1, -0.05) is 25.7 Å². The van der Waals surface area contributed by atoms with Crippen LogP contribution in [0.3, 0.4) is 0 Å². The molecule has 2 N–H and O–H groups in total. The average Bonchev–Trinajstić information content (AvgIpc) is 2.75. The van der Waals surface area contributed by atoms with Crippen LogP contribution in [-0.4, -0.2) is 74.6 Å². The Labute approximate surface area is 129 Å². The Bertz CT molecular complexity index is 297. The number of nitrogens with one attached hydrogen (secondary N) is 2.